The summed E-state index contributed by atoms with van der Waals surface area (Å²) in [6.07, 6.45) is 1.83. The molecule has 0 aliphatic carbocycles. The molecule has 88 valence electrons. The summed E-state index contributed by atoms with van der Waals surface area (Å²) in [7, 11) is 2.15. The molecular weight excluding hydrogens is 192 g/mol. The van der Waals surface area contributed by atoms with Crippen LogP contribution in [0.1, 0.15) is 13.3 Å². The predicted molar refractivity (Wildman–Crippen MR) is 59.1 cm³/mol. The normalized spacial score (nSPS) is 38.4. The van der Waals surface area contributed by atoms with Gasteiger partial charge in [0.1, 0.15) is 0 Å². The Kier molecular flexibility index (Phi) is 3.97. The second-order valence-electron chi connectivity index (χ2n) is 4.63. The summed E-state index contributed by atoms with van der Waals surface area (Å²) in [5.74, 6) is 0. The van der Waals surface area contributed by atoms with Gasteiger partial charge in [-0.05, 0) is 20.4 Å². The van der Waals surface area contributed by atoms with E-state index in [0.29, 0.717) is 18.2 Å². The van der Waals surface area contributed by atoms with Gasteiger partial charge in [-0.25, -0.2) is 0 Å². The Labute approximate surface area is 91.9 Å². The number of hydrogen-bond acceptors (Lipinski definition) is 4. The van der Waals surface area contributed by atoms with Gasteiger partial charge in [0.2, 0.25) is 0 Å². The van der Waals surface area contributed by atoms with Gasteiger partial charge in [-0.3, -0.25) is 0 Å². The van der Waals surface area contributed by atoms with Crippen molar-refractivity contribution in [1.82, 2.24) is 10.2 Å². The quantitative estimate of drug-likeness (QED) is 0.721. The molecule has 0 aromatic carbocycles. The van der Waals surface area contributed by atoms with Gasteiger partial charge in [0.25, 0.3) is 0 Å². The van der Waals surface area contributed by atoms with Crippen LogP contribution in [0.3, 0.4) is 0 Å². The van der Waals surface area contributed by atoms with Crippen molar-refractivity contribution in [2.24, 2.45) is 0 Å². The molecule has 0 radical (unpaired) electrons. The molecule has 2 rings (SSSR count). The molecule has 0 unspecified atom stereocenters. The van der Waals surface area contributed by atoms with Gasteiger partial charge < -0.3 is 19.7 Å². The van der Waals surface area contributed by atoms with Crippen LogP contribution in [0.5, 0.6) is 0 Å². The van der Waals surface area contributed by atoms with Crippen molar-refractivity contribution in [2.75, 3.05) is 39.9 Å². The third-order valence-corrected chi connectivity index (χ3v) is 3.33. The number of ether oxygens (including phenoxy) is 2. The summed E-state index contributed by atoms with van der Waals surface area (Å²) < 4.78 is 11.2. The van der Waals surface area contributed by atoms with E-state index in [1.807, 2.05) is 0 Å². The molecule has 0 bridgehead atoms. The number of nitrogens with one attached hydrogen (secondary N) is 1. The van der Waals surface area contributed by atoms with Gasteiger partial charge in [0.05, 0.1) is 18.8 Å². The molecule has 2 aliphatic rings. The highest BCUT2D eigenvalue weighted by Crippen LogP contribution is 2.13. The fourth-order valence-corrected chi connectivity index (χ4v) is 2.27. The highest BCUT2D eigenvalue weighted by atomic mass is 16.5. The van der Waals surface area contributed by atoms with E-state index in [1.54, 1.807) is 0 Å². The van der Waals surface area contributed by atoms with Crippen molar-refractivity contribution < 1.29 is 9.47 Å². The van der Waals surface area contributed by atoms with Crippen molar-refractivity contribution in [3.63, 3.8) is 0 Å². The lowest BCUT2D eigenvalue weighted by molar-refractivity contribution is -0.0202. The summed E-state index contributed by atoms with van der Waals surface area (Å²) in [5.41, 5.74) is 0. The van der Waals surface area contributed by atoms with E-state index in [0.717, 1.165) is 39.3 Å². The summed E-state index contributed by atoms with van der Waals surface area (Å²) in [6, 6.07) is 0.515. The molecule has 2 heterocycles. The van der Waals surface area contributed by atoms with Crippen LogP contribution in [0.4, 0.5) is 0 Å². The highest BCUT2D eigenvalue weighted by molar-refractivity contribution is 4.81. The lowest BCUT2D eigenvalue weighted by Crippen LogP contribution is -2.47. The van der Waals surface area contributed by atoms with Crippen LogP contribution in [-0.4, -0.2) is 63.0 Å². The molecule has 2 aliphatic heterocycles. The number of nitrogens with zero attached hydrogens (tertiary/aromatic N) is 1. The molecule has 0 saturated carbocycles. The van der Waals surface area contributed by atoms with Gasteiger partial charge in [0, 0.05) is 32.3 Å². The molecule has 4 heteroatoms. The Morgan fingerprint density at radius 1 is 1.33 bits per heavy atom. The standard InChI is InChI=1S/C11H22N2O2/c1-9-11(3-5-14-9)12-7-10-8-13(2)4-6-15-10/h9-12H,3-8H2,1-2H3/t9-,10-,11-/m0/s1. The minimum absolute atomic E-state index is 0.344. The van der Waals surface area contributed by atoms with E-state index in [9.17, 15) is 0 Å². The van der Waals surface area contributed by atoms with Crippen LogP contribution in [0.25, 0.3) is 0 Å². The Morgan fingerprint density at radius 2 is 2.20 bits per heavy atom. The lowest BCUT2D eigenvalue weighted by Gasteiger charge is -2.31. The van der Waals surface area contributed by atoms with Crippen molar-refractivity contribution >= 4 is 0 Å². The lowest BCUT2D eigenvalue weighted by atomic mass is 10.1. The Hall–Kier alpha value is -0.160. The SMILES string of the molecule is C[C@@H]1OCC[C@@H]1NC[C@H]1CN(C)CCO1. The first-order chi connectivity index (χ1) is 7.25. The van der Waals surface area contributed by atoms with E-state index in [1.165, 1.54) is 0 Å². The molecule has 0 aromatic rings. The second-order valence-corrected chi connectivity index (χ2v) is 4.63. The summed E-state index contributed by atoms with van der Waals surface area (Å²) in [5, 5.41) is 3.54. The van der Waals surface area contributed by atoms with E-state index in [-0.39, 0.29) is 0 Å². The van der Waals surface area contributed by atoms with Crippen LogP contribution < -0.4 is 5.32 Å². The van der Waals surface area contributed by atoms with Crippen LogP contribution in [-0.2, 0) is 9.47 Å². The van der Waals surface area contributed by atoms with Crippen molar-refractivity contribution in [1.29, 1.82) is 0 Å². The number of morpholine rings is 1. The van der Waals surface area contributed by atoms with E-state index >= 15 is 0 Å². The largest absolute Gasteiger partial charge is 0.377 e. The first-order valence-corrected chi connectivity index (χ1v) is 5.91. The summed E-state index contributed by atoms with van der Waals surface area (Å²) >= 11 is 0. The fourth-order valence-electron chi connectivity index (χ4n) is 2.27. The first-order valence-electron chi connectivity index (χ1n) is 5.91. The molecule has 4 nitrogen and oxygen atoms in total. The molecule has 0 amide bonds. The van der Waals surface area contributed by atoms with Crippen molar-refractivity contribution in [3.8, 4) is 0 Å². The Morgan fingerprint density at radius 3 is 2.87 bits per heavy atom. The molecular formula is C11H22N2O2. The van der Waals surface area contributed by atoms with Crippen molar-refractivity contribution in [2.45, 2.75) is 31.6 Å². The monoisotopic (exact) mass is 214 g/mol. The minimum Gasteiger partial charge on any atom is -0.377 e. The van der Waals surface area contributed by atoms with E-state index in [4.69, 9.17) is 9.47 Å². The fraction of sp³-hybridized carbons (Fsp3) is 1.00. The van der Waals surface area contributed by atoms with Crippen LogP contribution in [0, 0.1) is 0 Å². The zero-order chi connectivity index (χ0) is 10.7. The molecule has 0 spiro atoms. The van der Waals surface area contributed by atoms with Gasteiger partial charge in [-0.15, -0.1) is 0 Å². The smallest absolute Gasteiger partial charge is 0.0826 e. The highest BCUT2D eigenvalue weighted by Gasteiger charge is 2.25. The zero-order valence-corrected chi connectivity index (χ0v) is 9.74. The number of hydrogen-bond donors (Lipinski definition) is 1. The van der Waals surface area contributed by atoms with Gasteiger partial charge >= 0.3 is 0 Å². The minimum atomic E-state index is 0.344. The molecule has 0 aromatic heterocycles. The predicted octanol–water partition coefficient (Wildman–Crippen LogP) is 0.0840. The number of rotatable bonds is 3. The third kappa shape index (κ3) is 3.14. The van der Waals surface area contributed by atoms with E-state index < -0.39 is 0 Å². The average Bonchev–Trinajstić information content (AvgIpc) is 2.61. The van der Waals surface area contributed by atoms with E-state index in [2.05, 4.69) is 24.2 Å². The van der Waals surface area contributed by atoms with Crippen LogP contribution >= 0.6 is 0 Å². The average molecular weight is 214 g/mol. The molecule has 1 N–H and O–H groups in total. The Balaban J connectivity index is 1.68. The third-order valence-electron chi connectivity index (χ3n) is 3.33. The Bertz CT molecular complexity index is 201. The van der Waals surface area contributed by atoms with Gasteiger partial charge in [-0.1, -0.05) is 0 Å². The summed E-state index contributed by atoms with van der Waals surface area (Å²) in [6.45, 7) is 6.93. The summed E-state index contributed by atoms with van der Waals surface area (Å²) in [4.78, 5) is 2.32. The molecule has 15 heavy (non-hydrogen) atoms. The van der Waals surface area contributed by atoms with Gasteiger partial charge in [0.15, 0.2) is 0 Å². The molecule has 2 saturated heterocycles. The maximum Gasteiger partial charge on any atom is 0.0826 e. The first kappa shape index (κ1) is 11.3. The topological polar surface area (TPSA) is 33.7 Å². The zero-order valence-electron chi connectivity index (χ0n) is 9.74. The van der Waals surface area contributed by atoms with Crippen LogP contribution in [0.15, 0.2) is 0 Å². The number of likely N-dealkylation sites (N-methyl/N-ethyl adjacent to an activating group) is 1. The molecule has 3 atom stereocenters. The second kappa shape index (κ2) is 5.25. The maximum absolute atomic E-state index is 5.70. The molecule has 2 fully saturated rings. The van der Waals surface area contributed by atoms with Crippen molar-refractivity contribution in [3.05, 3.63) is 0 Å². The van der Waals surface area contributed by atoms with Gasteiger partial charge in [-0.2, -0.15) is 0 Å². The van der Waals surface area contributed by atoms with Crippen LogP contribution in [0.2, 0.25) is 0 Å². The maximum atomic E-state index is 5.70.